The molecule has 3 heteroatoms. The number of likely N-dealkylation sites (N-methyl/N-ethyl adjacent to an activating group) is 1. The fourth-order valence-corrected chi connectivity index (χ4v) is 1.92. The fourth-order valence-electron chi connectivity index (χ4n) is 1.41. The molecule has 0 saturated heterocycles. The third-order valence-electron chi connectivity index (χ3n) is 2.12. The van der Waals surface area contributed by atoms with Crippen molar-refractivity contribution in [2.24, 2.45) is 0 Å². The average Bonchev–Trinajstić information content (AvgIpc) is 2.21. The Morgan fingerprint density at radius 2 is 2.13 bits per heavy atom. The summed E-state index contributed by atoms with van der Waals surface area (Å²) in [5, 5.41) is 0. The fraction of sp³-hybridized carbons (Fsp3) is 0.333. The molecule has 0 fully saturated rings. The highest BCUT2D eigenvalue weighted by Crippen LogP contribution is 2.17. The van der Waals surface area contributed by atoms with Gasteiger partial charge < -0.3 is 0 Å². The van der Waals surface area contributed by atoms with E-state index in [1.54, 1.807) is 0 Å². The monoisotopic (exact) mass is 285 g/mol. The Morgan fingerprint density at radius 3 is 2.73 bits per heavy atom. The summed E-state index contributed by atoms with van der Waals surface area (Å²) in [6.45, 7) is 5.77. The SMILES string of the molecule is C=C(CS)CN(C)Cc1ccccc1Br. The largest absolute Gasteiger partial charge is 0.298 e. The third kappa shape index (κ3) is 4.41. The minimum Gasteiger partial charge on any atom is -0.298 e. The molecule has 0 aliphatic rings. The highest BCUT2D eigenvalue weighted by molar-refractivity contribution is 9.10. The third-order valence-corrected chi connectivity index (χ3v) is 3.34. The van der Waals surface area contributed by atoms with Gasteiger partial charge in [-0.05, 0) is 18.7 Å². The Morgan fingerprint density at radius 1 is 1.47 bits per heavy atom. The molecule has 0 atom stereocenters. The number of nitrogens with zero attached hydrogens (tertiary/aromatic N) is 1. The van der Waals surface area contributed by atoms with Crippen LogP contribution < -0.4 is 0 Å². The van der Waals surface area contributed by atoms with E-state index in [2.05, 4.69) is 65.3 Å². The first-order chi connectivity index (χ1) is 7.13. The second kappa shape index (κ2) is 6.36. The van der Waals surface area contributed by atoms with E-state index < -0.39 is 0 Å². The molecule has 1 aromatic carbocycles. The van der Waals surface area contributed by atoms with Gasteiger partial charge in [0.15, 0.2) is 0 Å². The molecule has 0 N–H and O–H groups in total. The quantitative estimate of drug-likeness (QED) is 0.641. The van der Waals surface area contributed by atoms with E-state index in [1.807, 2.05) is 6.07 Å². The first-order valence-electron chi connectivity index (χ1n) is 4.83. The maximum atomic E-state index is 4.20. The van der Waals surface area contributed by atoms with Crippen LogP contribution >= 0.6 is 28.6 Å². The Balaban J connectivity index is 2.55. The molecule has 82 valence electrons. The summed E-state index contributed by atoms with van der Waals surface area (Å²) in [5.41, 5.74) is 2.44. The molecule has 15 heavy (non-hydrogen) atoms. The normalized spacial score (nSPS) is 10.7. The number of benzene rings is 1. The number of hydrogen-bond acceptors (Lipinski definition) is 2. The number of thiol groups is 1. The summed E-state index contributed by atoms with van der Waals surface area (Å²) in [5.74, 6) is 0.750. The Kier molecular flexibility index (Phi) is 5.43. The van der Waals surface area contributed by atoms with Crippen molar-refractivity contribution >= 4 is 28.6 Å². The molecule has 0 saturated carbocycles. The van der Waals surface area contributed by atoms with Crippen molar-refractivity contribution in [2.45, 2.75) is 6.54 Å². The van der Waals surface area contributed by atoms with Crippen LogP contribution in [0.2, 0.25) is 0 Å². The molecule has 0 aliphatic carbocycles. The maximum Gasteiger partial charge on any atom is 0.0245 e. The zero-order valence-electron chi connectivity index (χ0n) is 8.91. The van der Waals surface area contributed by atoms with Gasteiger partial charge in [0, 0.05) is 23.3 Å². The second-order valence-electron chi connectivity index (χ2n) is 3.67. The standard InChI is InChI=1S/C12H16BrNS/c1-10(9-15)7-14(2)8-11-5-3-4-6-12(11)13/h3-6,15H,1,7-9H2,2H3. The Hall–Kier alpha value is -0.250. The van der Waals surface area contributed by atoms with Gasteiger partial charge in [-0.2, -0.15) is 12.6 Å². The van der Waals surface area contributed by atoms with Crippen molar-refractivity contribution in [3.8, 4) is 0 Å². The van der Waals surface area contributed by atoms with Crippen molar-refractivity contribution < 1.29 is 0 Å². The van der Waals surface area contributed by atoms with Crippen molar-refractivity contribution in [1.82, 2.24) is 4.90 Å². The highest BCUT2D eigenvalue weighted by Gasteiger charge is 2.04. The molecule has 1 aromatic rings. The van der Waals surface area contributed by atoms with Gasteiger partial charge >= 0.3 is 0 Å². The van der Waals surface area contributed by atoms with Gasteiger partial charge in [-0.15, -0.1) is 0 Å². The van der Waals surface area contributed by atoms with Gasteiger partial charge in [0.2, 0.25) is 0 Å². The Bertz CT molecular complexity index is 338. The van der Waals surface area contributed by atoms with E-state index in [0.717, 1.165) is 28.9 Å². The van der Waals surface area contributed by atoms with E-state index in [4.69, 9.17) is 0 Å². The predicted molar refractivity (Wildman–Crippen MR) is 73.5 cm³/mol. The van der Waals surface area contributed by atoms with Crippen molar-refractivity contribution in [3.05, 3.63) is 46.5 Å². The first kappa shape index (κ1) is 12.8. The molecule has 0 radical (unpaired) electrons. The van der Waals surface area contributed by atoms with Crippen LogP contribution in [0.3, 0.4) is 0 Å². The van der Waals surface area contributed by atoms with Crippen LogP contribution in [-0.4, -0.2) is 24.2 Å². The smallest absolute Gasteiger partial charge is 0.0245 e. The van der Waals surface area contributed by atoms with Crippen LogP contribution in [0.4, 0.5) is 0 Å². The maximum absolute atomic E-state index is 4.20. The van der Waals surface area contributed by atoms with Crippen LogP contribution in [0.15, 0.2) is 40.9 Å². The van der Waals surface area contributed by atoms with Crippen LogP contribution in [0.5, 0.6) is 0 Å². The van der Waals surface area contributed by atoms with E-state index in [9.17, 15) is 0 Å². The molecule has 0 aliphatic heterocycles. The van der Waals surface area contributed by atoms with Crippen molar-refractivity contribution in [3.63, 3.8) is 0 Å². The van der Waals surface area contributed by atoms with Gasteiger partial charge in [-0.1, -0.05) is 46.3 Å². The lowest BCUT2D eigenvalue weighted by Gasteiger charge is -2.18. The van der Waals surface area contributed by atoms with Crippen molar-refractivity contribution in [1.29, 1.82) is 0 Å². The Labute approximate surface area is 106 Å². The summed E-state index contributed by atoms with van der Waals surface area (Å²) >= 11 is 7.75. The van der Waals surface area contributed by atoms with E-state index in [1.165, 1.54) is 5.56 Å². The molecule has 0 spiro atoms. The first-order valence-corrected chi connectivity index (χ1v) is 6.25. The van der Waals surface area contributed by atoms with Crippen molar-refractivity contribution in [2.75, 3.05) is 19.3 Å². The molecular weight excluding hydrogens is 270 g/mol. The van der Waals surface area contributed by atoms with E-state index >= 15 is 0 Å². The molecule has 1 nitrogen and oxygen atoms in total. The summed E-state index contributed by atoms with van der Waals surface area (Å²) in [6, 6.07) is 8.28. The number of hydrogen-bond donors (Lipinski definition) is 1. The average molecular weight is 286 g/mol. The summed E-state index contributed by atoms with van der Waals surface area (Å²) < 4.78 is 1.16. The summed E-state index contributed by atoms with van der Waals surface area (Å²) in [6.07, 6.45) is 0. The van der Waals surface area contributed by atoms with E-state index in [-0.39, 0.29) is 0 Å². The zero-order chi connectivity index (χ0) is 11.3. The van der Waals surface area contributed by atoms with E-state index in [0.29, 0.717) is 0 Å². The lowest BCUT2D eigenvalue weighted by Crippen LogP contribution is -2.21. The molecule has 0 bridgehead atoms. The second-order valence-corrected chi connectivity index (χ2v) is 4.84. The zero-order valence-corrected chi connectivity index (χ0v) is 11.4. The van der Waals surface area contributed by atoms with Gasteiger partial charge in [-0.25, -0.2) is 0 Å². The minimum absolute atomic E-state index is 0.750. The molecule has 1 rings (SSSR count). The van der Waals surface area contributed by atoms with Gasteiger partial charge in [0.1, 0.15) is 0 Å². The predicted octanol–water partition coefficient (Wildman–Crippen LogP) is 3.37. The molecular formula is C12H16BrNS. The van der Waals surface area contributed by atoms with Crippen LogP contribution in [0.25, 0.3) is 0 Å². The molecule has 0 heterocycles. The number of halogens is 1. The van der Waals surface area contributed by atoms with Crippen LogP contribution in [0, 0.1) is 0 Å². The van der Waals surface area contributed by atoms with Crippen LogP contribution in [0.1, 0.15) is 5.56 Å². The highest BCUT2D eigenvalue weighted by atomic mass is 79.9. The summed E-state index contributed by atoms with van der Waals surface area (Å²) in [4.78, 5) is 2.23. The van der Waals surface area contributed by atoms with Gasteiger partial charge in [0.05, 0.1) is 0 Å². The molecule has 0 unspecified atom stereocenters. The van der Waals surface area contributed by atoms with Gasteiger partial charge in [-0.3, -0.25) is 4.90 Å². The molecule has 0 amide bonds. The minimum atomic E-state index is 0.750. The topological polar surface area (TPSA) is 3.24 Å². The van der Waals surface area contributed by atoms with Crippen LogP contribution in [-0.2, 0) is 6.54 Å². The number of rotatable bonds is 5. The lowest BCUT2D eigenvalue weighted by molar-refractivity contribution is 0.355. The molecule has 0 aromatic heterocycles. The lowest BCUT2D eigenvalue weighted by atomic mass is 10.2. The van der Waals surface area contributed by atoms with Gasteiger partial charge in [0.25, 0.3) is 0 Å². The summed E-state index contributed by atoms with van der Waals surface area (Å²) in [7, 11) is 2.09.